The van der Waals surface area contributed by atoms with Crippen molar-refractivity contribution in [3.8, 4) is 0 Å². The SMILES string of the molecule is O=C(Cc1ccccc1F)NCCSCc1ccccc1Cl. The second kappa shape index (κ2) is 8.81. The van der Waals surface area contributed by atoms with Crippen LogP contribution in [0.25, 0.3) is 0 Å². The van der Waals surface area contributed by atoms with Gasteiger partial charge in [-0.1, -0.05) is 48.0 Å². The lowest BCUT2D eigenvalue weighted by Crippen LogP contribution is -2.27. The highest BCUT2D eigenvalue weighted by atomic mass is 35.5. The molecule has 0 heterocycles. The molecule has 0 aliphatic carbocycles. The smallest absolute Gasteiger partial charge is 0.224 e. The Labute approximate surface area is 139 Å². The zero-order valence-corrected chi connectivity index (χ0v) is 13.6. The van der Waals surface area contributed by atoms with Gasteiger partial charge in [0.1, 0.15) is 5.82 Å². The van der Waals surface area contributed by atoms with E-state index in [1.807, 2.05) is 24.3 Å². The molecule has 2 rings (SSSR count). The summed E-state index contributed by atoms with van der Waals surface area (Å²) in [6, 6.07) is 14.0. The van der Waals surface area contributed by atoms with Crippen LogP contribution in [0.15, 0.2) is 48.5 Å². The van der Waals surface area contributed by atoms with Crippen molar-refractivity contribution < 1.29 is 9.18 Å². The van der Waals surface area contributed by atoms with Crippen molar-refractivity contribution in [2.75, 3.05) is 12.3 Å². The van der Waals surface area contributed by atoms with Gasteiger partial charge in [0.05, 0.1) is 6.42 Å². The van der Waals surface area contributed by atoms with Crippen molar-refractivity contribution in [1.82, 2.24) is 5.32 Å². The number of benzene rings is 2. The summed E-state index contributed by atoms with van der Waals surface area (Å²) in [5.74, 6) is 1.09. The lowest BCUT2D eigenvalue weighted by molar-refractivity contribution is -0.120. The van der Waals surface area contributed by atoms with Crippen molar-refractivity contribution in [3.05, 3.63) is 70.5 Å². The van der Waals surface area contributed by atoms with E-state index in [-0.39, 0.29) is 18.1 Å². The highest BCUT2D eigenvalue weighted by Crippen LogP contribution is 2.20. The lowest BCUT2D eigenvalue weighted by Gasteiger charge is -2.07. The number of carbonyl (C=O) groups excluding carboxylic acids is 1. The summed E-state index contributed by atoms with van der Waals surface area (Å²) in [6.45, 7) is 0.558. The van der Waals surface area contributed by atoms with Gasteiger partial charge in [0.15, 0.2) is 0 Å². The molecule has 1 amide bonds. The molecule has 0 aliphatic rings. The molecule has 0 radical (unpaired) electrons. The minimum Gasteiger partial charge on any atom is -0.355 e. The van der Waals surface area contributed by atoms with E-state index in [0.29, 0.717) is 12.1 Å². The predicted molar refractivity (Wildman–Crippen MR) is 90.7 cm³/mol. The molecular weight excluding hydrogens is 321 g/mol. The summed E-state index contributed by atoms with van der Waals surface area (Å²) in [7, 11) is 0. The summed E-state index contributed by atoms with van der Waals surface area (Å²) >= 11 is 7.77. The maximum Gasteiger partial charge on any atom is 0.224 e. The first-order chi connectivity index (χ1) is 10.7. The van der Waals surface area contributed by atoms with E-state index in [1.54, 1.807) is 30.0 Å². The van der Waals surface area contributed by atoms with E-state index in [2.05, 4.69) is 5.32 Å². The van der Waals surface area contributed by atoms with Gasteiger partial charge >= 0.3 is 0 Å². The van der Waals surface area contributed by atoms with Crippen LogP contribution in [-0.2, 0) is 17.0 Å². The molecule has 2 nitrogen and oxygen atoms in total. The number of thioether (sulfide) groups is 1. The average Bonchev–Trinajstić information content (AvgIpc) is 2.51. The van der Waals surface area contributed by atoms with Crippen LogP contribution >= 0.6 is 23.4 Å². The van der Waals surface area contributed by atoms with Gasteiger partial charge in [0.25, 0.3) is 0 Å². The first kappa shape index (κ1) is 16.8. The predicted octanol–water partition coefficient (Wildman–Crippen LogP) is 4.07. The molecule has 0 aromatic heterocycles. The van der Waals surface area contributed by atoms with E-state index in [9.17, 15) is 9.18 Å². The molecule has 0 atom stereocenters. The fraction of sp³-hybridized carbons (Fsp3) is 0.235. The monoisotopic (exact) mass is 337 g/mol. The molecule has 0 unspecified atom stereocenters. The molecule has 22 heavy (non-hydrogen) atoms. The standard InChI is InChI=1S/C17H17ClFNOS/c18-15-7-3-1-6-14(15)12-22-10-9-20-17(21)11-13-5-2-4-8-16(13)19/h1-8H,9-12H2,(H,20,21). The van der Waals surface area contributed by atoms with Gasteiger partial charge < -0.3 is 5.32 Å². The Balaban J connectivity index is 1.65. The summed E-state index contributed by atoms with van der Waals surface area (Å²) in [4.78, 5) is 11.7. The van der Waals surface area contributed by atoms with E-state index in [1.165, 1.54) is 6.07 Å². The number of carbonyl (C=O) groups is 1. The van der Waals surface area contributed by atoms with Gasteiger partial charge in [-0.3, -0.25) is 4.79 Å². The molecule has 0 saturated heterocycles. The van der Waals surface area contributed by atoms with Crippen molar-refractivity contribution in [2.24, 2.45) is 0 Å². The van der Waals surface area contributed by atoms with E-state index in [4.69, 9.17) is 11.6 Å². The number of nitrogens with one attached hydrogen (secondary N) is 1. The second-order valence-electron chi connectivity index (χ2n) is 4.76. The Hall–Kier alpha value is -1.52. The summed E-state index contributed by atoms with van der Waals surface area (Å²) in [5.41, 5.74) is 1.51. The van der Waals surface area contributed by atoms with Crippen molar-refractivity contribution in [1.29, 1.82) is 0 Å². The molecule has 2 aromatic carbocycles. The third-order valence-electron chi connectivity index (χ3n) is 3.09. The van der Waals surface area contributed by atoms with Crippen molar-refractivity contribution in [3.63, 3.8) is 0 Å². The highest BCUT2D eigenvalue weighted by Gasteiger charge is 2.07. The fourth-order valence-electron chi connectivity index (χ4n) is 1.94. The van der Waals surface area contributed by atoms with E-state index >= 15 is 0 Å². The number of halogens is 2. The normalized spacial score (nSPS) is 10.5. The van der Waals surface area contributed by atoms with Gasteiger partial charge in [0.2, 0.25) is 5.91 Å². The molecule has 0 bridgehead atoms. The van der Waals surface area contributed by atoms with Gasteiger partial charge in [-0.2, -0.15) is 11.8 Å². The first-order valence-electron chi connectivity index (χ1n) is 6.98. The van der Waals surface area contributed by atoms with Crippen LogP contribution in [0.3, 0.4) is 0 Å². The number of hydrogen-bond donors (Lipinski definition) is 1. The zero-order chi connectivity index (χ0) is 15.8. The Morgan fingerprint density at radius 2 is 1.77 bits per heavy atom. The number of amides is 1. The van der Waals surface area contributed by atoms with Crippen molar-refractivity contribution >= 4 is 29.3 Å². The molecule has 0 aliphatic heterocycles. The van der Waals surface area contributed by atoms with E-state index in [0.717, 1.165) is 22.1 Å². The first-order valence-corrected chi connectivity index (χ1v) is 8.51. The quantitative estimate of drug-likeness (QED) is 0.772. The van der Waals surface area contributed by atoms with Gasteiger partial charge in [0, 0.05) is 23.1 Å². The van der Waals surface area contributed by atoms with Crippen LogP contribution in [0.2, 0.25) is 5.02 Å². The lowest BCUT2D eigenvalue weighted by atomic mass is 10.1. The Morgan fingerprint density at radius 3 is 2.50 bits per heavy atom. The third-order valence-corrected chi connectivity index (χ3v) is 4.47. The average molecular weight is 338 g/mol. The Morgan fingerprint density at radius 1 is 1.09 bits per heavy atom. The minimum atomic E-state index is -0.342. The number of hydrogen-bond acceptors (Lipinski definition) is 2. The van der Waals surface area contributed by atoms with E-state index < -0.39 is 0 Å². The van der Waals surface area contributed by atoms with Crippen LogP contribution in [0.4, 0.5) is 4.39 Å². The third kappa shape index (κ3) is 5.35. The largest absolute Gasteiger partial charge is 0.355 e. The summed E-state index contributed by atoms with van der Waals surface area (Å²) in [6.07, 6.45) is 0.0713. The highest BCUT2D eigenvalue weighted by molar-refractivity contribution is 7.98. The second-order valence-corrected chi connectivity index (χ2v) is 6.27. The van der Waals surface area contributed by atoms with Crippen LogP contribution in [-0.4, -0.2) is 18.2 Å². The van der Waals surface area contributed by atoms with Gasteiger partial charge in [-0.25, -0.2) is 4.39 Å². The molecule has 0 fully saturated rings. The molecule has 0 spiro atoms. The maximum atomic E-state index is 13.4. The van der Waals surface area contributed by atoms with Crippen LogP contribution in [0.1, 0.15) is 11.1 Å². The minimum absolute atomic E-state index is 0.0713. The van der Waals surface area contributed by atoms with Crippen LogP contribution < -0.4 is 5.32 Å². The molecule has 1 N–H and O–H groups in total. The molecular formula is C17H17ClFNOS. The molecule has 5 heteroatoms. The van der Waals surface area contributed by atoms with Gasteiger partial charge in [-0.05, 0) is 23.3 Å². The molecule has 0 saturated carbocycles. The topological polar surface area (TPSA) is 29.1 Å². The molecule has 116 valence electrons. The Kier molecular flexibility index (Phi) is 6.74. The van der Waals surface area contributed by atoms with Crippen molar-refractivity contribution in [2.45, 2.75) is 12.2 Å². The van der Waals surface area contributed by atoms with Gasteiger partial charge in [-0.15, -0.1) is 0 Å². The fourth-order valence-corrected chi connectivity index (χ4v) is 3.08. The number of rotatable bonds is 7. The summed E-state index contributed by atoms with van der Waals surface area (Å²) < 4.78 is 13.4. The maximum absolute atomic E-state index is 13.4. The zero-order valence-electron chi connectivity index (χ0n) is 12.0. The Bertz CT molecular complexity index is 636. The van der Waals surface area contributed by atoms with Crippen LogP contribution in [0.5, 0.6) is 0 Å². The van der Waals surface area contributed by atoms with Crippen LogP contribution in [0, 0.1) is 5.82 Å². The molecule has 2 aromatic rings. The summed E-state index contributed by atoms with van der Waals surface area (Å²) in [5, 5.41) is 3.56.